The highest BCUT2D eigenvalue weighted by Crippen LogP contribution is 2.46. The second kappa shape index (κ2) is 13.1. The zero-order chi connectivity index (χ0) is 36.5. The lowest BCUT2D eigenvalue weighted by Crippen LogP contribution is -2.43. The third-order valence-electron chi connectivity index (χ3n) is 10.4. The Kier molecular flexibility index (Phi) is 9.24. The number of nitrogens with two attached hydrogens (primary N) is 1. The lowest BCUT2D eigenvalue weighted by molar-refractivity contribution is -0.139. The van der Waals surface area contributed by atoms with Crippen molar-refractivity contribution in [3.05, 3.63) is 63.0 Å². The first kappa shape index (κ1) is 35.8. The van der Waals surface area contributed by atoms with Crippen LogP contribution < -0.4 is 15.4 Å². The number of aryl methyl sites for hydroxylation is 1. The Hall–Kier alpha value is -3.54. The Morgan fingerprint density at radius 1 is 1.20 bits per heavy atom. The summed E-state index contributed by atoms with van der Waals surface area (Å²) in [6.45, 7) is 4.13. The number of fused-ring (bicyclic) bond motifs is 3. The lowest BCUT2D eigenvalue weighted by atomic mass is 9.91. The topological polar surface area (TPSA) is 129 Å². The van der Waals surface area contributed by atoms with Crippen LogP contribution in [-0.2, 0) is 46.9 Å². The summed E-state index contributed by atoms with van der Waals surface area (Å²) in [5.74, 6) is 0.115. The lowest BCUT2D eigenvalue weighted by Gasteiger charge is -2.33. The number of anilines is 2. The molecule has 2 saturated heterocycles. The van der Waals surface area contributed by atoms with E-state index in [1.54, 1.807) is 11.6 Å². The second-order valence-electron chi connectivity index (χ2n) is 13.9. The minimum Gasteiger partial charge on any atom is -0.461 e. The van der Waals surface area contributed by atoms with Crippen LogP contribution in [0.5, 0.6) is 6.01 Å². The van der Waals surface area contributed by atoms with Gasteiger partial charge in [0.2, 0.25) is 0 Å². The highest BCUT2D eigenvalue weighted by Gasteiger charge is 2.49. The monoisotopic (exact) mass is 757 g/mol. The molecule has 276 valence electrons. The number of nitrogens with zero attached hydrogens (tertiary/aromatic N) is 6. The molecule has 0 radical (unpaired) electrons. The van der Waals surface area contributed by atoms with Crippen LogP contribution >= 0.6 is 11.6 Å². The van der Waals surface area contributed by atoms with Gasteiger partial charge in [0.15, 0.2) is 14.9 Å². The van der Waals surface area contributed by atoms with Crippen molar-refractivity contribution in [3.63, 3.8) is 0 Å². The van der Waals surface area contributed by atoms with Crippen LogP contribution in [0.4, 0.5) is 33.5 Å². The molecule has 1 unspecified atom stereocenters. The van der Waals surface area contributed by atoms with Crippen LogP contribution in [0.25, 0.3) is 0 Å². The van der Waals surface area contributed by atoms with E-state index >= 15 is 0 Å². The zero-order valence-electron chi connectivity index (χ0n) is 27.9. The molecular formula is C33H37ClF5N7O4S. The van der Waals surface area contributed by atoms with Gasteiger partial charge in [-0.1, -0.05) is 11.6 Å². The molecule has 3 atom stereocenters. The van der Waals surface area contributed by atoms with Gasteiger partial charge >= 0.3 is 12.2 Å². The highest BCUT2D eigenvalue weighted by atomic mass is 35.5. The number of hydrogen-bond acceptors (Lipinski definition) is 10. The van der Waals surface area contributed by atoms with E-state index in [0.29, 0.717) is 60.8 Å². The van der Waals surface area contributed by atoms with E-state index in [1.165, 1.54) is 6.07 Å². The molecule has 0 aliphatic carbocycles. The van der Waals surface area contributed by atoms with E-state index in [1.807, 2.05) is 4.90 Å². The maximum Gasteiger partial charge on any atom is 0.418 e. The molecule has 0 amide bonds. The largest absolute Gasteiger partial charge is 0.461 e. The van der Waals surface area contributed by atoms with Gasteiger partial charge in [-0.05, 0) is 68.8 Å². The van der Waals surface area contributed by atoms with Crippen molar-refractivity contribution in [2.45, 2.75) is 81.6 Å². The molecular weight excluding hydrogens is 721 g/mol. The van der Waals surface area contributed by atoms with Crippen LogP contribution in [0.2, 0.25) is 5.02 Å². The van der Waals surface area contributed by atoms with Crippen LogP contribution in [0.1, 0.15) is 65.4 Å². The molecule has 0 saturated carbocycles. The normalized spacial score (nSPS) is 23.8. The van der Waals surface area contributed by atoms with E-state index < -0.39 is 44.3 Å². The smallest absolute Gasteiger partial charge is 0.418 e. The first-order valence-corrected chi connectivity index (χ1v) is 18.9. The Morgan fingerprint density at radius 3 is 2.71 bits per heavy atom. The van der Waals surface area contributed by atoms with Crippen molar-refractivity contribution in [1.29, 1.82) is 0 Å². The molecule has 4 aliphatic heterocycles. The van der Waals surface area contributed by atoms with Crippen LogP contribution in [0, 0.1) is 12.8 Å². The number of sulfone groups is 1. The van der Waals surface area contributed by atoms with Gasteiger partial charge in [-0.2, -0.15) is 37.0 Å². The van der Waals surface area contributed by atoms with Gasteiger partial charge in [0, 0.05) is 49.1 Å². The minimum atomic E-state index is -4.78. The summed E-state index contributed by atoms with van der Waals surface area (Å²) < 4.78 is 108. The number of alkyl halides is 3. The van der Waals surface area contributed by atoms with Crippen molar-refractivity contribution in [1.82, 2.24) is 24.6 Å². The van der Waals surface area contributed by atoms with E-state index in [9.17, 15) is 30.4 Å². The highest BCUT2D eigenvalue weighted by molar-refractivity contribution is 7.90. The third-order valence-corrected chi connectivity index (χ3v) is 11.8. The molecule has 11 nitrogen and oxygen atoms in total. The predicted molar refractivity (Wildman–Crippen MR) is 177 cm³/mol. The SMILES string of the molecule is Cc1c(S(C)(=O)=O)nn2c1CN(c1nc(OC[C@]34CCCN3C[C@@H](C=C(F)F)C4)nc3c1COC(c1cc(N)cc(Cl)c1C(F)(F)F)C3)CCC2. The molecule has 18 heteroatoms. The van der Waals surface area contributed by atoms with Crippen LogP contribution in [-0.4, -0.2) is 71.1 Å². The molecule has 6 heterocycles. The Balaban J connectivity index is 1.27. The Labute approximate surface area is 296 Å². The van der Waals surface area contributed by atoms with Gasteiger partial charge < -0.3 is 20.1 Å². The number of ether oxygens (including phenoxy) is 2. The average Bonchev–Trinajstić information content (AvgIpc) is 3.61. The number of benzene rings is 1. The summed E-state index contributed by atoms with van der Waals surface area (Å²) in [6, 6.07) is 2.25. The molecule has 2 aromatic heterocycles. The van der Waals surface area contributed by atoms with Gasteiger partial charge in [-0.25, -0.2) is 8.42 Å². The summed E-state index contributed by atoms with van der Waals surface area (Å²) in [5.41, 5.74) is 6.42. The summed E-state index contributed by atoms with van der Waals surface area (Å²) in [4.78, 5) is 13.7. The van der Waals surface area contributed by atoms with Gasteiger partial charge in [-0.15, -0.1) is 0 Å². The Morgan fingerprint density at radius 2 is 1.98 bits per heavy atom. The summed E-state index contributed by atoms with van der Waals surface area (Å²) >= 11 is 6.07. The Bertz CT molecular complexity index is 2010. The summed E-state index contributed by atoms with van der Waals surface area (Å²) in [7, 11) is -3.59. The van der Waals surface area contributed by atoms with Crippen molar-refractivity contribution in [3.8, 4) is 6.01 Å². The van der Waals surface area contributed by atoms with Crippen LogP contribution in [0.3, 0.4) is 0 Å². The van der Waals surface area contributed by atoms with Gasteiger partial charge in [0.1, 0.15) is 12.4 Å². The standard InChI is InChI=1S/C33H37ClF5N7O4S/c1-18-25-15-44(6-4-8-46(25)43-30(18)51(2,47)48)29-22-16-49-26(21-10-20(40)11-23(34)28(21)33(37,38)39)12-24(22)41-31(42-29)50-17-32-5-3-7-45(32)14-19(13-32)9-27(35)36/h9-11,19,26H,3-8,12-17,40H2,1-2H3/t19-,26?,32+/m0/s1. The minimum absolute atomic E-state index is 0.00161. The molecule has 2 fully saturated rings. The average molecular weight is 758 g/mol. The zero-order valence-corrected chi connectivity index (χ0v) is 29.5. The van der Waals surface area contributed by atoms with E-state index in [0.717, 1.165) is 37.8 Å². The molecule has 51 heavy (non-hydrogen) atoms. The molecule has 1 aromatic carbocycles. The molecule has 4 aliphatic rings. The van der Waals surface area contributed by atoms with Gasteiger partial charge in [0.05, 0.1) is 46.8 Å². The van der Waals surface area contributed by atoms with E-state index in [4.69, 9.17) is 36.8 Å². The second-order valence-corrected chi connectivity index (χ2v) is 16.2. The molecule has 3 aromatic rings. The number of hydrogen-bond donors (Lipinski definition) is 1. The van der Waals surface area contributed by atoms with Crippen molar-refractivity contribution in [2.75, 3.05) is 43.1 Å². The molecule has 0 bridgehead atoms. The van der Waals surface area contributed by atoms with E-state index in [-0.39, 0.29) is 54.4 Å². The van der Waals surface area contributed by atoms with Gasteiger partial charge in [-0.3, -0.25) is 9.58 Å². The first-order valence-electron chi connectivity index (χ1n) is 16.6. The predicted octanol–water partition coefficient (Wildman–Crippen LogP) is 5.88. The summed E-state index contributed by atoms with van der Waals surface area (Å²) in [6.07, 6.45) is -2.88. The van der Waals surface area contributed by atoms with Crippen molar-refractivity contribution < 1.29 is 39.8 Å². The first-order chi connectivity index (χ1) is 24.0. The van der Waals surface area contributed by atoms with Crippen molar-refractivity contribution >= 4 is 32.9 Å². The van der Waals surface area contributed by atoms with Gasteiger partial charge in [0.25, 0.3) is 6.08 Å². The molecule has 0 spiro atoms. The fourth-order valence-corrected chi connectivity index (χ4v) is 9.43. The quantitative estimate of drug-likeness (QED) is 0.231. The number of rotatable bonds is 7. The van der Waals surface area contributed by atoms with E-state index in [2.05, 4.69) is 10.00 Å². The fourth-order valence-electron chi connectivity index (χ4n) is 8.17. The molecule has 7 rings (SSSR count). The maximum absolute atomic E-state index is 14.3. The number of halogens is 6. The maximum atomic E-state index is 14.3. The third kappa shape index (κ3) is 6.89. The number of aromatic nitrogens is 4. The molecule has 2 N–H and O–H groups in total. The number of nitrogen functional groups attached to an aromatic ring is 1. The van der Waals surface area contributed by atoms with Crippen LogP contribution in [0.15, 0.2) is 29.3 Å². The summed E-state index contributed by atoms with van der Waals surface area (Å²) in [5, 5.41) is 3.84. The van der Waals surface area contributed by atoms with Crippen molar-refractivity contribution in [2.24, 2.45) is 5.92 Å². The fraction of sp³-hybridized carbons (Fsp3) is 0.545.